The van der Waals surface area contributed by atoms with Gasteiger partial charge in [0, 0.05) is 19.5 Å². The highest BCUT2D eigenvalue weighted by Crippen LogP contribution is 2.15. The molecule has 0 radical (unpaired) electrons. The Kier molecular flexibility index (Phi) is 3.83. The molecule has 0 aliphatic carbocycles. The van der Waals surface area contributed by atoms with Gasteiger partial charge in [-0.15, -0.1) is 0 Å². The summed E-state index contributed by atoms with van der Waals surface area (Å²) < 4.78 is 13.5. The van der Waals surface area contributed by atoms with Gasteiger partial charge in [0.05, 0.1) is 5.92 Å². The quantitative estimate of drug-likeness (QED) is 0.861. The lowest BCUT2D eigenvalue weighted by atomic mass is 10.1. The number of halogens is 1. The summed E-state index contributed by atoms with van der Waals surface area (Å²) in [4.78, 5) is 22.8. The first-order chi connectivity index (χ1) is 8.97. The van der Waals surface area contributed by atoms with Gasteiger partial charge in [0.15, 0.2) is 0 Å². The van der Waals surface area contributed by atoms with Gasteiger partial charge in [0.2, 0.25) is 11.8 Å². The topological polar surface area (TPSA) is 58.2 Å². The third kappa shape index (κ3) is 3.10. The van der Waals surface area contributed by atoms with E-state index in [2.05, 4.69) is 10.6 Å². The van der Waals surface area contributed by atoms with E-state index in [1.54, 1.807) is 26.0 Å². The maximum absolute atomic E-state index is 13.5. The lowest BCUT2D eigenvalue weighted by molar-refractivity contribution is -0.126. The summed E-state index contributed by atoms with van der Waals surface area (Å²) in [5.74, 6) is -0.734. The molecule has 0 bridgehead atoms. The van der Waals surface area contributed by atoms with Gasteiger partial charge in [-0.3, -0.25) is 9.59 Å². The molecule has 1 heterocycles. The van der Waals surface area contributed by atoms with E-state index < -0.39 is 0 Å². The minimum absolute atomic E-state index is 0.0892. The summed E-state index contributed by atoms with van der Waals surface area (Å²) in [6, 6.07) is 3.45. The highest BCUT2D eigenvalue weighted by molar-refractivity contribution is 5.89. The number of carbonyl (C=O) groups excluding carboxylic acids is 2. The van der Waals surface area contributed by atoms with Crippen LogP contribution < -0.4 is 10.6 Å². The molecule has 0 spiro atoms. The number of nitrogens with one attached hydrogen (secondary N) is 2. The minimum Gasteiger partial charge on any atom is -0.355 e. The van der Waals surface area contributed by atoms with Crippen LogP contribution in [0, 0.1) is 25.6 Å². The number of hydrogen-bond donors (Lipinski definition) is 2. The molecule has 1 atom stereocenters. The Hall–Kier alpha value is -1.91. The predicted octanol–water partition coefficient (Wildman–Crippen LogP) is 1.19. The van der Waals surface area contributed by atoms with Gasteiger partial charge >= 0.3 is 0 Å². The molecule has 1 saturated heterocycles. The molecule has 2 amide bonds. The molecule has 5 heteroatoms. The fourth-order valence-corrected chi connectivity index (χ4v) is 2.26. The number of aryl methyl sites for hydroxylation is 2. The molecule has 1 aliphatic rings. The van der Waals surface area contributed by atoms with E-state index in [1.807, 2.05) is 0 Å². The molecular formula is C14H17FN2O2. The molecule has 4 nitrogen and oxygen atoms in total. The maximum atomic E-state index is 13.5. The van der Waals surface area contributed by atoms with Crippen molar-refractivity contribution in [2.24, 2.45) is 5.92 Å². The second-order valence-electron chi connectivity index (χ2n) is 4.97. The Balaban J connectivity index is 1.95. The molecule has 2 N–H and O–H groups in total. The SMILES string of the molecule is Cc1cc(CNC(=O)C2CNC(=O)C2)cc(C)c1F. The summed E-state index contributed by atoms with van der Waals surface area (Å²) in [5.41, 5.74) is 2.01. The van der Waals surface area contributed by atoms with Crippen LogP contribution >= 0.6 is 0 Å². The van der Waals surface area contributed by atoms with Crippen LogP contribution in [0.4, 0.5) is 4.39 Å². The predicted molar refractivity (Wildman–Crippen MR) is 68.8 cm³/mol. The highest BCUT2D eigenvalue weighted by Gasteiger charge is 2.27. The minimum atomic E-state index is -0.296. The average molecular weight is 264 g/mol. The molecule has 0 saturated carbocycles. The highest BCUT2D eigenvalue weighted by atomic mass is 19.1. The van der Waals surface area contributed by atoms with Crippen LogP contribution in [0.5, 0.6) is 0 Å². The van der Waals surface area contributed by atoms with Crippen molar-refractivity contribution in [1.82, 2.24) is 10.6 Å². The molecule has 1 aliphatic heterocycles. The smallest absolute Gasteiger partial charge is 0.225 e. The Morgan fingerprint density at radius 2 is 2.05 bits per heavy atom. The molecule has 1 unspecified atom stereocenters. The first kappa shape index (κ1) is 13.5. The number of hydrogen-bond acceptors (Lipinski definition) is 2. The van der Waals surface area contributed by atoms with Crippen LogP contribution in [0.1, 0.15) is 23.1 Å². The molecule has 1 fully saturated rings. The lowest BCUT2D eigenvalue weighted by Crippen LogP contribution is -2.31. The van der Waals surface area contributed by atoms with Gasteiger partial charge in [-0.2, -0.15) is 0 Å². The van der Waals surface area contributed by atoms with Gasteiger partial charge in [-0.05, 0) is 30.5 Å². The Morgan fingerprint density at radius 1 is 1.42 bits per heavy atom. The molecule has 1 aromatic rings. The molecular weight excluding hydrogens is 247 g/mol. The van der Waals surface area contributed by atoms with E-state index in [0.29, 0.717) is 24.2 Å². The van der Waals surface area contributed by atoms with Gasteiger partial charge in [-0.1, -0.05) is 12.1 Å². The van der Waals surface area contributed by atoms with Gasteiger partial charge in [-0.25, -0.2) is 4.39 Å². The van der Waals surface area contributed by atoms with Crippen molar-refractivity contribution in [1.29, 1.82) is 0 Å². The largest absolute Gasteiger partial charge is 0.355 e. The number of amides is 2. The van der Waals surface area contributed by atoms with E-state index in [0.717, 1.165) is 5.56 Å². The summed E-state index contributed by atoms with van der Waals surface area (Å²) in [7, 11) is 0. The standard InChI is InChI=1S/C14H17FN2O2/c1-8-3-10(4-9(2)13(8)15)6-17-14(19)11-5-12(18)16-7-11/h3-4,11H,5-7H2,1-2H3,(H,16,18)(H,17,19). The van der Waals surface area contributed by atoms with Crippen LogP contribution in [-0.2, 0) is 16.1 Å². The van der Waals surface area contributed by atoms with E-state index in [9.17, 15) is 14.0 Å². The first-order valence-electron chi connectivity index (χ1n) is 6.27. The van der Waals surface area contributed by atoms with Crippen molar-refractivity contribution < 1.29 is 14.0 Å². The Bertz CT molecular complexity index is 505. The fraction of sp³-hybridized carbons (Fsp3) is 0.429. The zero-order valence-electron chi connectivity index (χ0n) is 11.0. The Labute approximate surface area is 111 Å². The average Bonchev–Trinajstić information content (AvgIpc) is 2.79. The van der Waals surface area contributed by atoms with Crippen molar-refractivity contribution in [2.75, 3.05) is 6.54 Å². The molecule has 19 heavy (non-hydrogen) atoms. The summed E-state index contributed by atoms with van der Waals surface area (Å²) in [6.07, 6.45) is 0.243. The molecule has 102 valence electrons. The van der Waals surface area contributed by atoms with Gasteiger partial charge < -0.3 is 10.6 Å². The second kappa shape index (κ2) is 5.38. The van der Waals surface area contributed by atoms with Crippen molar-refractivity contribution in [2.45, 2.75) is 26.8 Å². The van der Waals surface area contributed by atoms with Gasteiger partial charge in [0.1, 0.15) is 5.82 Å². The monoisotopic (exact) mass is 264 g/mol. The van der Waals surface area contributed by atoms with E-state index >= 15 is 0 Å². The van der Waals surface area contributed by atoms with Crippen LogP contribution in [0.2, 0.25) is 0 Å². The zero-order chi connectivity index (χ0) is 14.0. The normalized spacial score (nSPS) is 18.3. The third-order valence-electron chi connectivity index (χ3n) is 3.31. The van der Waals surface area contributed by atoms with Gasteiger partial charge in [0.25, 0.3) is 0 Å². The van der Waals surface area contributed by atoms with Crippen LogP contribution in [-0.4, -0.2) is 18.4 Å². The number of rotatable bonds is 3. The van der Waals surface area contributed by atoms with Crippen LogP contribution in [0.15, 0.2) is 12.1 Å². The summed E-state index contributed by atoms with van der Waals surface area (Å²) >= 11 is 0. The number of carbonyl (C=O) groups is 2. The van der Waals surface area contributed by atoms with Crippen molar-refractivity contribution in [3.8, 4) is 0 Å². The van der Waals surface area contributed by atoms with Crippen molar-refractivity contribution >= 4 is 11.8 Å². The van der Waals surface area contributed by atoms with Crippen LogP contribution in [0.25, 0.3) is 0 Å². The summed E-state index contributed by atoms with van der Waals surface area (Å²) in [5, 5.41) is 5.41. The van der Waals surface area contributed by atoms with E-state index in [-0.39, 0.29) is 30.0 Å². The molecule has 2 rings (SSSR count). The van der Waals surface area contributed by atoms with Crippen molar-refractivity contribution in [3.63, 3.8) is 0 Å². The lowest BCUT2D eigenvalue weighted by Gasteiger charge is -2.11. The maximum Gasteiger partial charge on any atom is 0.225 e. The number of benzene rings is 1. The second-order valence-corrected chi connectivity index (χ2v) is 4.97. The van der Waals surface area contributed by atoms with Crippen LogP contribution in [0.3, 0.4) is 0 Å². The third-order valence-corrected chi connectivity index (χ3v) is 3.31. The first-order valence-corrected chi connectivity index (χ1v) is 6.27. The molecule has 1 aromatic carbocycles. The summed E-state index contributed by atoms with van der Waals surface area (Å²) in [6.45, 7) is 4.15. The van der Waals surface area contributed by atoms with Crippen molar-refractivity contribution in [3.05, 3.63) is 34.6 Å². The Morgan fingerprint density at radius 3 is 2.58 bits per heavy atom. The zero-order valence-corrected chi connectivity index (χ0v) is 11.0. The fourth-order valence-electron chi connectivity index (χ4n) is 2.26. The van der Waals surface area contributed by atoms with E-state index in [1.165, 1.54) is 0 Å². The van der Waals surface area contributed by atoms with E-state index in [4.69, 9.17) is 0 Å². The molecule has 0 aromatic heterocycles.